The number of carbonyl (C=O) groups excluding carboxylic acids is 2. The summed E-state index contributed by atoms with van der Waals surface area (Å²) in [4.78, 5) is 26.3. The number of halogens is 1. The van der Waals surface area contributed by atoms with Crippen molar-refractivity contribution in [1.82, 2.24) is 0 Å². The predicted molar refractivity (Wildman–Crippen MR) is 131 cm³/mol. The van der Waals surface area contributed by atoms with Crippen molar-refractivity contribution in [3.63, 3.8) is 0 Å². The SMILES string of the molecule is COc1c(C(=O)CC(C)C)cc(OCc2ccccc2)c2c1C(=O)OCc1cc(Br)ccc1O2. The van der Waals surface area contributed by atoms with Gasteiger partial charge in [-0.15, -0.1) is 0 Å². The molecule has 0 spiro atoms. The number of cyclic esters (lactones) is 1. The molecule has 7 heteroatoms. The maximum absolute atomic E-state index is 13.2. The van der Waals surface area contributed by atoms with Crippen LogP contribution >= 0.6 is 15.9 Å². The number of ketones is 1. The van der Waals surface area contributed by atoms with Crippen molar-refractivity contribution < 1.29 is 28.5 Å². The Kier molecular flexibility index (Phi) is 7.22. The molecule has 0 aromatic heterocycles. The van der Waals surface area contributed by atoms with E-state index in [0.29, 0.717) is 17.7 Å². The zero-order valence-electron chi connectivity index (χ0n) is 19.2. The van der Waals surface area contributed by atoms with Crippen molar-refractivity contribution in [3.05, 3.63) is 81.3 Å². The molecule has 0 radical (unpaired) electrons. The van der Waals surface area contributed by atoms with Crippen LogP contribution in [0.5, 0.6) is 23.0 Å². The van der Waals surface area contributed by atoms with Crippen molar-refractivity contribution in [2.24, 2.45) is 5.92 Å². The molecule has 0 amide bonds. The average Bonchev–Trinajstić information content (AvgIpc) is 2.81. The van der Waals surface area contributed by atoms with Gasteiger partial charge in [0.15, 0.2) is 17.3 Å². The number of rotatable bonds is 7. The zero-order chi connectivity index (χ0) is 24.2. The van der Waals surface area contributed by atoms with Gasteiger partial charge in [0.05, 0.1) is 12.7 Å². The summed E-state index contributed by atoms with van der Waals surface area (Å²) < 4.78 is 24.4. The van der Waals surface area contributed by atoms with Crippen LogP contribution in [0.3, 0.4) is 0 Å². The van der Waals surface area contributed by atoms with E-state index >= 15 is 0 Å². The fraction of sp³-hybridized carbons (Fsp3) is 0.259. The molecule has 1 aliphatic rings. The molecule has 1 heterocycles. The van der Waals surface area contributed by atoms with Crippen molar-refractivity contribution >= 4 is 27.7 Å². The normalized spacial score (nSPS) is 12.6. The molecule has 3 aromatic rings. The van der Waals surface area contributed by atoms with E-state index < -0.39 is 5.97 Å². The number of hydrogen-bond acceptors (Lipinski definition) is 6. The number of esters is 1. The van der Waals surface area contributed by atoms with Crippen LogP contribution in [-0.2, 0) is 18.0 Å². The third-order valence-corrected chi connectivity index (χ3v) is 5.82. The predicted octanol–water partition coefficient (Wildman–Crippen LogP) is 6.73. The smallest absolute Gasteiger partial charge is 0.346 e. The van der Waals surface area contributed by atoms with Gasteiger partial charge in [-0.1, -0.05) is 60.1 Å². The van der Waals surface area contributed by atoms with E-state index in [2.05, 4.69) is 15.9 Å². The zero-order valence-corrected chi connectivity index (χ0v) is 20.8. The van der Waals surface area contributed by atoms with Crippen molar-refractivity contribution in [1.29, 1.82) is 0 Å². The lowest BCUT2D eigenvalue weighted by atomic mass is 9.97. The number of Topliss-reactive ketones (excluding diaryl/α,β-unsaturated/α-hetero) is 1. The Morgan fingerprint density at radius 2 is 1.88 bits per heavy atom. The third-order valence-electron chi connectivity index (χ3n) is 5.33. The molecule has 0 N–H and O–H groups in total. The molecule has 4 rings (SSSR count). The average molecular weight is 525 g/mol. The Hall–Kier alpha value is -3.32. The summed E-state index contributed by atoms with van der Waals surface area (Å²) in [6.07, 6.45) is 0.292. The lowest BCUT2D eigenvalue weighted by Crippen LogP contribution is -2.16. The Morgan fingerprint density at radius 1 is 1.12 bits per heavy atom. The number of methoxy groups -OCH3 is 1. The Morgan fingerprint density at radius 3 is 2.59 bits per heavy atom. The fourth-order valence-electron chi connectivity index (χ4n) is 3.74. The van der Waals surface area contributed by atoms with Crippen molar-refractivity contribution in [3.8, 4) is 23.0 Å². The number of ether oxygens (including phenoxy) is 4. The summed E-state index contributed by atoms with van der Waals surface area (Å²) in [5, 5.41) is 0. The molecule has 0 bridgehead atoms. The second-order valence-electron chi connectivity index (χ2n) is 8.39. The monoisotopic (exact) mass is 524 g/mol. The summed E-state index contributed by atoms with van der Waals surface area (Å²) in [6, 6.07) is 16.7. The first-order valence-corrected chi connectivity index (χ1v) is 11.7. The van der Waals surface area contributed by atoms with Crippen LogP contribution in [0.2, 0.25) is 0 Å². The van der Waals surface area contributed by atoms with E-state index in [1.54, 1.807) is 12.1 Å². The van der Waals surface area contributed by atoms with E-state index in [4.69, 9.17) is 18.9 Å². The van der Waals surface area contributed by atoms with Crippen LogP contribution in [0.15, 0.2) is 59.1 Å². The third kappa shape index (κ3) is 5.09. The minimum Gasteiger partial charge on any atom is -0.495 e. The molecule has 1 aliphatic heterocycles. The quantitative estimate of drug-likeness (QED) is 0.252. The van der Waals surface area contributed by atoms with Crippen LogP contribution in [-0.4, -0.2) is 18.9 Å². The lowest BCUT2D eigenvalue weighted by Gasteiger charge is -2.23. The molecule has 0 fully saturated rings. The van der Waals surface area contributed by atoms with E-state index in [-0.39, 0.29) is 53.3 Å². The summed E-state index contributed by atoms with van der Waals surface area (Å²) in [5.41, 5.74) is 1.92. The second kappa shape index (κ2) is 10.3. The molecule has 0 saturated carbocycles. The topological polar surface area (TPSA) is 71.1 Å². The molecule has 0 unspecified atom stereocenters. The number of benzene rings is 3. The van der Waals surface area contributed by atoms with Gasteiger partial charge < -0.3 is 18.9 Å². The minimum atomic E-state index is -0.652. The molecule has 3 aromatic carbocycles. The lowest BCUT2D eigenvalue weighted by molar-refractivity contribution is 0.0454. The van der Waals surface area contributed by atoms with Gasteiger partial charge in [0.25, 0.3) is 0 Å². The maximum Gasteiger partial charge on any atom is 0.346 e. The van der Waals surface area contributed by atoms with Gasteiger partial charge in [0, 0.05) is 16.5 Å². The first-order chi connectivity index (χ1) is 16.4. The summed E-state index contributed by atoms with van der Waals surface area (Å²) in [7, 11) is 1.42. The standard InChI is InChI=1S/C27H25BrO6/c1-16(2)11-21(29)20-13-23(32-14-17-7-5-4-6-8-17)26-24(25(20)31-3)27(30)33-15-18-12-19(28)9-10-22(18)34-26/h4-10,12-13,16H,11,14-15H2,1-3H3. The Bertz CT molecular complexity index is 1220. The molecular formula is C27H25BrO6. The fourth-order valence-corrected chi connectivity index (χ4v) is 4.15. The van der Waals surface area contributed by atoms with Crippen LogP contribution in [0.4, 0.5) is 0 Å². The molecule has 0 aliphatic carbocycles. The van der Waals surface area contributed by atoms with E-state index in [0.717, 1.165) is 10.0 Å². The van der Waals surface area contributed by atoms with Gasteiger partial charge >= 0.3 is 5.97 Å². The first-order valence-electron chi connectivity index (χ1n) is 11.0. The van der Waals surface area contributed by atoms with Gasteiger partial charge in [-0.2, -0.15) is 0 Å². The first kappa shape index (κ1) is 23.8. The van der Waals surface area contributed by atoms with Gasteiger partial charge in [0.1, 0.15) is 30.3 Å². The van der Waals surface area contributed by atoms with E-state index in [1.165, 1.54) is 7.11 Å². The molecule has 34 heavy (non-hydrogen) atoms. The van der Waals surface area contributed by atoms with Crippen LogP contribution < -0.4 is 14.2 Å². The van der Waals surface area contributed by atoms with E-state index in [1.807, 2.05) is 56.3 Å². The van der Waals surface area contributed by atoms with Gasteiger partial charge in [-0.05, 0) is 35.7 Å². The van der Waals surface area contributed by atoms with Gasteiger partial charge in [-0.3, -0.25) is 4.79 Å². The minimum absolute atomic E-state index is 0.0145. The highest BCUT2D eigenvalue weighted by Crippen LogP contribution is 2.46. The Labute approximate surface area is 206 Å². The molecule has 0 atom stereocenters. The van der Waals surface area contributed by atoms with Crippen LogP contribution in [0.25, 0.3) is 0 Å². The van der Waals surface area contributed by atoms with Gasteiger partial charge in [-0.25, -0.2) is 4.79 Å². The van der Waals surface area contributed by atoms with Crippen molar-refractivity contribution in [2.75, 3.05) is 7.11 Å². The highest BCUT2D eigenvalue weighted by atomic mass is 79.9. The Balaban J connectivity index is 1.88. The van der Waals surface area contributed by atoms with E-state index in [9.17, 15) is 9.59 Å². The molecule has 176 valence electrons. The van der Waals surface area contributed by atoms with Gasteiger partial charge in [0.2, 0.25) is 0 Å². The highest BCUT2D eigenvalue weighted by Gasteiger charge is 2.32. The molecule has 0 saturated heterocycles. The second-order valence-corrected chi connectivity index (χ2v) is 9.30. The summed E-state index contributed by atoms with van der Waals surface area (Å²) in [5.74, 6) is 0.380. The molecular weight excluding hydrogens is 500 g/mol. The summed E-state index contributed by atoms with van der Waals surface area (Å²) in [6.45, 7) is 4.15. The van der Waals surface area contributed by atoms with Crippen LogP contribution in [0, 0.1) is 5.92 Å². The highest BCUT2D eigenvalue weighted by molar-refractivity contribution is 9.10. The number of fused-ring (bicyclic) bond motifs is 2. The van der Waals surface area contributed by atoms with Crippen LogP contribution in [0.1, 0.15) is 52.1 Å². The number of hydrogen-bond donors (Lipinski definition) is 0. The maximum atomic E-state index is 13.2. The molecule has 6 nitrogen and oxygen atoms in total. The number of carbonyl (C=O) groups is 2. The largest absolute Gasteiger partial charge is 0.495 e. The van der Waals surface area contributed by atoms with Crippen molar-refractivity contribution in [2.45, 2.75) is 33.5 Å². The summed E-state index contributed by atoms with van der Waals surface area (Å²) >= 11 is 3.44.